The molecule has 0 bridgehead atoms. The van der Waals surface area contributed by atoms with Crippen LogP contribution in [0.15, 0.2) is 24.3 Å². The Morgan fingerprint density at radius 1 is 1.00 bits per heavy atom. The number of rotatable bonds is 4. The second kappa shape index (κ2) is 7.75. The second-order valence-electron chi connectivity index (χ2n) is 6.46. The van der Waals surface area contributed by atoms with Gasteiger partial charge in [0.1, 0.15) is 0 Å². The van der Waals surface area contributed by atoms with Gasteiger partial charge in [0.25, 0.3) is 0 Å². The summed E-state index contributed by atoms with van der Waals surface area (Å²) in [6, 6.07) is 8.93. The van der Waals surface area contributed by atoms with E-state index >= 15 is 0 Å². The Morgan fingerprint density at radius 3 is 2.27 bits per heavy atom. The highest BCUT2D eigenvalue weighted by molar-refractivity contribution is 6.30. The SMILES string of the molecule is CN1CCN([C@@H](CN2CCNCC2)c2ccc(Cl)cc2)CC1. The zero-order valence-corrected chi connectivity index (χ0v) is 14.2. The molecule has 2 heterocycles. The first kappa shape index (κ1) is 16.2. The minimum atomic E-state index is 0.476. The molecular formula is C17H27ClN4. The van der Waals surface area contributed by atoms with E-state index in [-0.39, 0.29) is 0 Å². The van der Waals surface area contributed by atoms with Gasteiger partial charge in [-0.3, -0.25) is 9.80 Å². The van der Waals surface area contributed by atoms with Crippen LogP contribution in [0.1, 0.15) is 11.6 Å². The van der Waals surface area contributed by atoms with Crippen LogP contribution in [0.5, 0.6) is 0 Å². The quantitative estimate of drug-likeness (QED) is 0.907. The molecule has 1 aromatic carbocycles. The standard InChI is InChI=1S/C17H27ClN4/c1-20-10-12-22(13-11-20)17(14-21-8-6-19-7-9-21)15-2-4-16(18)5-3-15/h2-5,17,19H,6-14H2,1H3/t17-/m0/s1. The van der Waals surface area contributed by atoms with E-state index < -0.39 is 0 Å². The summed E-state index contributed by atoms with van der Waals surface area (Å²) in [5.41, 5.74) is 1.40. The van der Waals surface area contributed by atoms with Gasteiger partial charge in [0.15, 0.2) is 0 Å². The van der Waals surface area contributed by atoms with Gasteiger partial charge in [0.2, 0.25) is 0 Å². The second-order valence-corrected chi connectivity index (χ2v) is 6.89. The van der Waals surface area contributed by atoms with Crippen LogP contribution in [-0.4, -0.2) is 80.7 Å². The van der Waals surface area contributed by atoms with Gasteiger partial charge in [-0.15, -0.1) is 0 Å². The maximum absolute atomic E-state index is 6.07. The number of hydrogen-bond donors (Lipinski definition) is 1. The van der Waals surface area contributed by atoms with Gasteiger partial charge in [-0.1, -0.05) is 23.7 Å². The lowest BCUT2D eigenvalue weighted by Gasteiger charge is -2.41. The fourth-order valence-corrected chi connectivity index (χ4v) is 3.51. The van der Waals surface area contributed by atoms with Crippen molar-refractivity contribution in [2.24, 2.45) is 0 Å². The van der Waals surface area contributed by atoms with Gasteiger partial charge in [-0.05, 0) is 24.7 Å². The molecule has 2 saturated heterocycles. The summed E-state index contributed by atoms with van der Waals surface area (Å²) >= 11 is 6.07. The Hall–Kier alpha value is -0.650. The van der Waals surface area contributed by atoms with Crippen LogP contribution in [0.25, 0.3) is 0 Å². The zero-order valence-electron chi connectivity index (χ0n) is 13.5. The highest BCUT2D eigenvalue weighted by atomic mass is 35.5. The highest BCUT2D eigenvalue weighted by Crippen LogP contribution is 2.25. The van der Waals surface area contributed by atoms with Crippen LogP contribution in [0.2, 0.25) is 5.02 Å². The summed E-state index contributed by atoms with van der Waals surface area (Å²) in [6.45, 7) is 10.2. The Bertz CT molecular complexity index is 450. The Balaban J connectivity index is 1.73. The van der Waals surface area contributed by atoms with Crippen molar-refractivity contribution in [2.75, 3.05) is 66.0 Å². The molecule has 5 heteroatoms. The molecule has 0 amide bonds. The average molecular weight is 323 g/mol. The van der Waals surface area contributed by atoms with Gasteiger partial charge < -0.3 is 10.2 Å². The van der Waals surface area contributed by atoms with Crippen LogP contribution in [-0.2, 0) is 0 Å². The fourth-order valence-electron chi connectivity index (χ4n) is 3.39. The third-order valence-corrected chi connectivity index (χ3v) is 5.13. The van der Waals surface area contributed by atoms with Gasteiger partial charge in [-0.25, -0.2) is 0 Å². The first-order valence-corrected chi connectivity index (χ1v) is 8.71. The first-order chi connectivity index (χ1) is 10.7. The third-order valence-electron chi connectivity index (χ3n) is 4.87. The molecule has 1 aromatic rings. The molecule has 0 radical (unpaired) electrons. The van der Waals surface area contributed by atoms with Crippen LogP contribution in [0, 0.1) is 0 Å². The van der Waals surface area contributed by atoms with Crippen LogP contribution in [0.4, 0.5) is 0 Å². The molecule has 1 N–H and O–H groups in total. The van der Waals surface area contributed by atoms with E-state index in [1.165, 1.54) is 5.56 Å². The lowest BCUT2D eigenvalue weighted by Crippen LogP contribution is -2.51. The van der Waals surface area contributed by atoms with Gasteiger partial charge >= 0.3 is 0 Å². The van der Waals surface area contributed by atoms with Crippen molar-refractivity contribution in [3.63, 3.8) is 0 Å². The Kier molecular flexibility index (Phi) is 5.71. The summed E-state index contributed by atoms with van der Waals surface area (Å²) in [5, 5.41) is 4.26. The lowest BCUT2D eigenvalue weighted by molar-refractivity contribution is 0.0816. The number of nitrogens with zero attached hydrogens (tertiary/aromatic N) is 3. The van der Waals surface area contributed by atoms with E-state index in [1.54, 1.807) is 0 Å². The highest BCUT2D eigenvalue weighted by Gasteiger charge is 2.26. The molecular weight excluding hydrogens is 296 g/mol. The van der Waals surface area contributed by atoms with E-state index in [1.807, 2.05) is 12.1 Å². The number of halogens is 1. The lowest BCUT2D eigenvalue weighted by atomic mass is 10.0. The minimum Gasteiger partial charge on any atom is -0.314 e. The van der Waals surface area contributed by atoms with Crippen LogP contribution in [0.3, 0.4) is 0 Å². The maximum atomic E-state index is 6.07. The van der Waals surface area contributed by atoms with E-state index in [0.717, 1.165) is 63.9 Å². The smallest absolute Gasteiger partial charge is 0.0476 e. The van der Waals surface area contributed by atoms with E-state index in [4.69, 9.17) is 11.6 Å². The van der Waals surface area contributed by atoms with Gasteiger partial charge in [0.05, 0.1) is 0 Å². The number of benzene rings is 1. The van der Waals surface area contributed by atoms with E-state index in [0.29, 0.717) is 6.04 Å². The minimum absolute atomic E-state index is 0.476. The number of nitrogens with one attached hydrogen (secondary N) is 1. The molecule has 3 rings (SSSR count). The van der Waals surface area contributed by atoms with Crippen molar-refractivity contribution in [3.8, 4) is 0 Å². The number of hydrogen-bond acceptors (Lipinski definition) is 4. The number of piperazine rings is 2. The van der Waals surface area contributed by atoms with Crippen molar-refractivity contribution in [1.82, 2.24) is 20.0 Å². The number of likely N-dealkylation sites (N-methyl/N-ethyl adjacent to an activating group) is 1. The first-order valence-electron chi connectivity index (χ1n) is 8.33. The molecule has 1 atom stereocenters. The monoisotopic (exact) mass is 322 g/mol. The summed E-state index contributed by atoms with van der Waals surface area (Å²) < 4.78 is 0. The predicted octanol–water partition coefficient (Wildman–Crippen LogP) is 1.53. The molecule has 122 valence electrons. The molecule has 22 heavy (non-hydrogen) atoms. The van der Waals surface area contributed by atoms with E-state index in [2.05, 4.69) is 39.2 Å². The fraction of sp³-hybridized carbons (Fsp3) is 0.647. The summed E-state index contributed by atoms with van der Waals surface area (Å²) in [7, 11) is 2.21. The molecule has 0 unspecified atom stereocenters. The van der Waals surface area contributed by atoms with Gasteiger partial charge in [0, 0.05) is 70.0 Å². The molecule has 0 saturated carbocycles. The molecule has 0 aromatic heterocycles. The molecule has 2 aliphatic heterocycles. The van der Waals surface area contributed by atoms with Crippen molar-refractivity contribution in [2.45, 2.75) is 6.04 Å². The average Bonchev–Trinajstić information content (AvgIpc) is 2.56. The largest absolute Gasteiger partial charge is 0.314 e. The molecule has 2 fully saturated rings. The Morgan fingerprint density at radius 2 is 1.64 bits per heavy atom. The van der Waals surface area contributed by atoms with E-state index in [9.17, 15) is 0 Å². The topological polar surface area (TPSA) is 21.8 Å². The Labute approximate surface area is 139 Å². The summed E-state index contributed by atoms with van der Waals surface area (Å²) in [6.07, 6.45) is 0. The van der Waals surface area contributed by atoms with Crippen LogP contribution >= 0.6 is 11.6 Å². The molecule has 2 aliphatic rings. The predicted molar refractivity (Wildman–Crippen MR) is 92.6 cm³/mol. The van der Waals surface area contributed by atoms with Crippen molar-refractivity contribution in [3.05, 3.63) is 34.9 Å². The third kappa shape index (κ3) is 4.21. The summed E-state index contributed by atoms with van der Waals surface area (Å²) in [4.78, 5) is 7.65. The molecule has 4 nitrogen and oxygen atoms in total. The molecule has 0 spiro atoms. The summed E-state index contributed by atoms with van der Waals surface area (Å²) in [5.74, 6) is 0. The van der Waals surface area contributed by atoms with Crippen molar-refractivity contribution in [1.29, 1.82) is 0 Å². The molecule has 0 aliphatic carbocycles. The zero-order chi connectivity index (χ0) is 15.4. The van der Waals surface area contributed by atoms with Gasteiger partial charge in [-0.2, -0.15) is 0 Å². The maximum Gasteiger partial charge on any atom is 0.0476 e. The van der Waals surface area contributed by atoms with Crippen molar-refractivity contribution < 1.29 is 0 Å². The van der Waals surface area contributed by atoms with Crippen LogP contribution < -0.4 is 5.32 Å². The van der Waals surface area contributed by atoms with Crippen molar-refractivity contribution >= 4 is 11.6 Å². The normalized spacial score (nSPS) is 23.5.